The zero-order valence-corrected chi connectivity index (χ0v) is 11.8. The van der Waals surface area contributed by atoms with E-state index in [4.69, 9.17) is 17.3 Å². The zero-order chi connectivity index (χ0) is 13.1. The molecule has 5 heteroatoms. The quantitative estimate of drug-likeness (QED) is 0.936. The van der Waals surface area contributed by atoms with Crippen molar-refractivity contribution in [1.82, 2.24) is 9.97 Å². The summed E-state index contributed by atoms with van der Waals surface area (Å²) in [5, 5.41) is 2.42. The summed E-state index contributed by atoms with van der Waals surface area (Å²) in [7, 11) is 0. The van der Waals surface area contributed by atoms with Crippen LogP contribution in [0.5, 0.6) is 0 Å². The van der Waals surface area contributed by atoms with E-state index in [2.05, 4.69) is 16.9 Å². The maximum Gasteiger partial charge on any atom is 0.107 e. The van der Waals surface area contributed by atoms with E-state index in [-0.39, 0.29) is 0 Å². The van der Waals surface area contributed by atoms with Crippen LogP contribution in [0, 0.1) is 13.8 Å². The van der Waals surface area contributed by atoms with Gasteiger partial charge in [0.2, 0.25) is 0 Å². The monoisotopic (exact) mass is 279 g/mol. The largest absolute Gasteiger partial charge is 0.326 e. The van der Waals surface area contributed by atoms with Gasteiger partial charge in [-0.3, -0.25) is 0 Å². The van der Waals surface area contributed by atoms with Gasteiger partial charge >= 0.3 is 0 Å². The standard InChI is InChI=1S/C13H14ClN3S/c1-8-5-9(2)17-13(11(8)6-15)18-12-4-3-10(14)7-16-12/h3-5,7H,6,15H2,1-2H3. The molecule has 0 aliphatic heterocycles. The Hall–Kier alpha value is -1.10. The molecule has 0 radical (unpaired) electrons. The first-order valence-electron chi connectivity index (χ1n) is 5.56. The third-order valence-electron chi connectivity index (χ3n) is 2.54. The lowest BCUT2D eigenvalue weighted by atomic mass is 10.1. The van der Waals surface area contributed by atoms with Gasteiger partial charge in [-0.15, -0.1) is 0 Å². The molecule has 2 N–H and O–H groups in total. The van der Waals surface area contributed by atoms with E-state index in [0.717, 1.165) is 21.3 Å². The third-order valence-corrected chi connectivity index (χ3v) is 3.75. The second-order valence-corrected chi connectivity index (χ2v) is 5.43. The van der Waals surface area contributed by atoms with Crippen LogP contribution < -0.4 is 5.73 Å². The third kappa shape index (κ3) is 3.02. The molecular weight excluding hydrogens is 266 g/mol. The summed E-state index contributed by atoms with van der Waals surface area (Å²) in [4.78, 5) is 8.79. The summed E-state index contributed by atoms with van der Waals surface area (Å²) in [6, 6.07) is 5.75. The Morgan fingerprint density at radius 2 is 2.11 bits per heavy atom. The molecule has 2 heterocycles. The van der Waals surface area contributed by atoms with Crippen LogP contribution in [-0.4, -0.2) is 9.97 Å². The normalized spacial score (nSPS) is 10.7. The Kier molecular flexibility index (Phi) is 4.22. The van der Waals surface area contributed by atoms with Crippen LogP contribution in [0.25, 0.3) is 0 Å². The summed E-state index contributed by atoms with van der Waals surface area (Å²) < 4.78 is 0. The van der Waals surface area contributed by atoms with Crippen molar-refractivity contribution in [3.05, 3.63) is 46.2 Å². The molecule has 0 bridgehead atoms. The topological polar surface area (TPSA) is 51.8 Å². The number of nitrogens with two attached hydrogens (primary N) is 1. The van der Waals surface area contributed by atoms with E-state index in [1.165, 1.54) is 17.3 Å². The fourth-order valence-corrected chi connectivity index (χ4v) is 2.79. The Balaban J connectivity index is 2.36. The first kappa shape index (κ1) is 13.3. The Labute approximate surface area is 116 Å². The van der Waals surface area contributed by atoms with Gasteiger partial charge in [0, 0.05) is 24.0 Å². The van der Waals surface area contributed by atoms with Crippen LogP contribution in [0.2, 0.25) is 5.02 Å². The fourth-order valence-electron chi connectivity index (χ4n) is 1.68. The number of rotatable bonds is 3. The van der Waals surface area contributed by atoms with Crippen molar-refractivity contribution in [3.8, 4) is 0 Å². The van der Waals surface area contributed by atoms with Gasteiger partial charge in [-0.25, -0.2) is 9.97 Å². The van der Waals surface area contributed by atoms with Crippen molar-refractivity contribution in [1.29, 1.82) is 0 Å². The molecule has 0 unspecified atom stereocenters. The number of pyridine rings is 2. The number of nitrogens with zero attached hydrogens (tertiary/aromatic N) is 2. The van der Waals surface area contributed by atoms with Crippen molar-refractivity contribution >= 4 is 23.4 Å². The van der Waals surface area contributed by atoms with Crippen molar-refractivity contribution < 1.29 is 0 Å². The highest BCUT2D eigenvalue weighted by Gasteiger charge is 2.09. The highest BCUT2D eigenvalue weighted by molar-refractivity contribution is 7.99. The number of hydrogen-bond acceptors (Lipinski definition) is 4. The summed E-state index contributed by atoms with van der Waals surface area (Å²) in [6.45, 7) is 4.51. The second-order valence-electron chi connectivity index (χ2n) is 3.99. The minimum Gasteiger partial charge on any atom is -0.326 e. The van der Waals surface area contributed by atoms with Gasteiger partial charge in [-0.1, -0.05) is 11.6 Å². The molecule has 0 fully saturated rings. The minimum absolute atomic E-state index is 0.481. The second kappa shape index (κ2) is 5.69. The minimum atomic E-state index is 0.481. The van der Waals surface area contributed by atoms with E-state index < -0.39 is 0 Å². The Bertz CT molecular complexity index is 555. The summed E-state index contributed by atoms with van der Waals surface area (Å²) in [6.07, 6.45) is 1.63. The molecule has 94 valence electrons. The molecule has 0 spiro atoms. The molecule has 0 aliphatic carbocycles. The van der Waals surface area contributed by atoms with Crippen molar-refractivity contribution in [3.63, 3.8) is 0 Å². The van der Waals surface area contributed by atoms with Crippen molar-refractivity contribution in [2.24, 2.45) is 5.73 Å². The van der Waals surface area contributed by atoms with Crippen molar-refractivity contribution in [2.45, 2.75) is 30.4 Å². The molecule has 0 saturated carbocycles. The molecule has 0 saturated heterocycles. The van der Waals surface area contributed by atoms with Crippen LogP contribution in [0.15, 0.2) is 34.4 Å². The first-order valence-corrected chi connectivity index (χ1v) is 6.76. The molecule has 0 aliphatic rings. The van der Waals surface area contributed by atoms with Gasteiger partial charge < -0.3 is 5.73 Å². The lowest BCUT2D eigenvalue weighted by Crippen LogP contribution is -2.04. The molecule has 3 nitrogen and oxygen atoms in total. The smallest absolute Gasteiger partial charge is 0.107 e. The predicted molar refractivity (Wildman–Crippen MR) is 75.0 cm³/mol. The van der Waals surface area contributed by atoms with Crippen molar-refractivity contribution in [2.75, 3.05) is 0 Å². The van der Waals surface area contributed by atoms with Crippen LogP contribution >= 0.6 is 23.4 Å². The SMILES string of the molecule is Cc1cc(C)c(CN)c(Sc2ccc(Cl)cn2)n1. The van der Waals surface area contributed by atoms with Crippen LogP contribution in [0.3, 0.4) is 0 Å². The summed E-state index contributed by atoms with van der Waals surface area (Å²) >= 11 is 7.33. The predicted octanol–water partition coefficient (Wildman–Crippen LogP) is 3.36. The average Bonchev–Trinajstić information content (AvgIpc) is 2.32. The maximum absolute atomic E-state index is 5.82. The van der Waals surface area contributed by atoms with Gasteiger partial charge in [-0.05, 0) is 49.4 Å². The summed E-state index contributed by atoms with van der Waals surface area (Å²) in [5.41, 5.74) is 9.01. The molecule has 0 atom stereocenters. The van der Waals surface area contributed by atoms with Gasteiger partial charge in [0.1, 0.15) is 10.1 Å². The Morgan fingerprint density at radius 3 is 2.72 bits per heavy atom. The number of halogens is 1. The number of hydrogen-bond donors (Lipinski definition) is 1. The molecule has 2 rings (SSSR count). The average molecular weight is 280 g/mol. The van der Waals surface area contributed by atoms with Gasteiger partial charge in [0.15, 0.2) is 0 Å². The van der Waals surface area contributed by atoms with E-state index in [0.29, 0.717) is 11.6 Å². The van der Waals surface area contributed by atoms with Crippen LogP contribution in [0.1, 0.15) is 16.8 Å². The lowest BCUT2D eigenvalue weighted by molar-refractivity contribution is 0.919. The lowest BCUT2D eigenvalue weighted by Gasteiger charge is -2.10. The number of aryl methyl sites for hydroxylation is 2. The maximum atomic E-state index is 5.82. The van der Waals surface area contributed by atoms with E-state index in [1.807, 2.05) is 25.1 Å². The molecule has 18 heavy (non-hydrogen) atoms. The first-order chi connectivity index (χ1) is 8.60. The van der Waals surface area contributed by atoms with E-state index >= 15 is 0 Å². The van der Waals surface area contributed by atoms with Gasteiger partial charge in [0.05, 0.1) is 5.02 Å². The highest BCUT2D eigenvalue weighted by atomic mass is 35.5. The highest BCUT2D eigenvalue weighted by Crippen LogP contribution is 2.29. The van der Waals surface area contributed by atoms with E-state index in [9.17, 15) is 0 Å². The van der Waals surface area contributed by atoms with Gasteiger partial charge in [0.25, 0.3) is 0 Å². The Morgan fingerprint density at radius 1 is 1.33 bits per heavy atom. The number of aromatic nitrogens is 2. The van der Waals surface area contributed by atoms with Gasteiger partial charge in [-0.2, -0.15) is 0 Å². The fraction of sp³-hybridized carbons (Fsp3) is 0.231. The molecule has 2 aromatic heterocycles. The molecular formula is C13H14ClN3S. The summed E-state index contributed by atoms with van der Waals surface area (Å²) in [5.74, 6) is 0. The molecule has 2 aromatic rings. The molecule has 0 aromatic carbocycles. The zero-order valence-electron chi connectivity index (χ0n) is 10.3. The van der Waals surface area contributed by atoms with Crippen LogP contribution in [0.4, 0.5) is 0 Å². The van der Waals surface area contributed by atoms with Crippen LogP contribution in [-0.2, 0) is 6.54 Å². The molecule has 0 amide bonds. The van der Waals surface area contributed by atoms with E-state index in [1.54, 1.807) is 6.20 Å².